The fourth-order valence-corrected chi connectivity index (χ4v) is 2.27. The first kappa shape index (κ1) is 13.7. The van der Waals surface area contributed by atoms with Gasteiger partial charge >= 0.3 is 0 Å². The van der Waals surface area contributed by atoms with Crippen molar-refractivity contribution < 1.29 is 5.11 Å². The summed E-state index contributed by atoms with van der Waals surface area (Å²) in [4.78, 5) is 0. The highest BCUT2D eigenvalue weighted by Crippen LogP contribution is 2.26. The molecule has 0 aromatic heterocycles. The first-order valence-corrected chi connectivity index (χ1v) is 6.88. The minimum absolute atomic E-state index is 0.311. The number of aliphatic hydroxyl groups excluding tert-OH is 1. The molecule has 16 heavy (non-hydrogen) atoms. The summed E-state index contributed by atoms with van der Waals surface area (Å²) in [6.07, 6.45) is 5.41. The molecular formula is C14H21BrO. The molecule has 0 aliphatic rings. The van der Waals surface area contributed by atoms with E-state index in [-0.39, 0.29) is 6.10 Å². The number of rotatable bonds is 6. The minimum Gasteiger partial charge on any atom is -0.388 e. The largest absolute Gasteiger partial charge is 0.388 e. The Labute approximate surface area is 107 Å². The van der Waals surface area contributed by atoms with Crippen molar-refractivity contribution in [2.45, 2.75) is 52.1 Å². The van der Waals surface area contributed by atoms with Crippen LogP contribution in [0.2, 0.25) is 0 Å². The Morgan fingerprint density at radius 2 is 2.00 bits per heavy atom. The number of aryl methyl sites for hydroxylation is 1. The monoisotopic (exact) mass is 284 g/mol. The van der Waals surface area contributed by atoms with Crippen LogP contribution in [-0.2, 0) is 0 Å². The molecule has 1 rings (SSSR count). The summed E-state index contributed by atoms with van der Waals surface area (Å²) < 4.78 is 1.04. The van der Waals surface area contributed by atoms with Crippen molar-refractivity contribution in [3.05, 3.63) is 33.8 Å². The second kappa shape index (κ2) is 7.08. The van der Waals surface area contributed by atoms with E-state index in [0.717, 1.165) is 22.9 Å². The van der Waals surface area contributed by atoms with Crippen molar-refractivity contribution in [2.24, 2.45) is 0 Å². The van der Waals surface area contributed by atoms with Crippen molar-refractivity contribution in [3.8, 4) is 0 Å². The summed E-state index contributed by atoms with van der Waals surface area (Å²) in [5.41, 5.74) is 2.23. The lowest BCUT2D eigenvalue weighted by molar-refractivity contribution is 0.162. The zero-order chi connectivity index (χ0) is 12.0. The molecule has 0 aliphatic carbocycles. The second-order valence-corrected chi connectivity index (χ2v) is 5.28. The van der Waals surface area contributed by atoms with Gasteiger partial charge in [0.2, 0.25) is 0 Å². The van der Waals surface area contributed by atoms with Gasteiger partial charge in [0.05, 0.1) is 6.10 Å². The van der Waals surface area contributed by atoms with E-state index in [0.29, 0.717) is 0 Å². The zero-order valence-electron chi connectivity index (χ0n) is 10.2. The van der Waals surface area contributed by atoms with Crippen LogP contribution < -0.4 is 0 Å². The third-order valence-corrected chi connectivity index (χ3v) is 3.42. The first-order chi connectivity index (χ1) is 7.65. The molecule has 1 aromatic rings. The van der Waals surface area contributed by atoms with Crippen LogP contribution in [0.15, 0.2) is 22.7 Å². The molecule has 0 fully saturated rings. The molecule has 0 radical (unpaired) electrons. The fraction of sp³-hybridized carbons (Fsp3) is 0.571. The highest BCUT2D eigenvalue weighted by Gasteiger charge is 2.10. The SMILES string of the molecule is CCCCCCC(O)c1cc(Br)ccc1C. The van der Waals surface area contributed by atoms with E-state index in [1.807, 2.05) is 12.1 Å². The van der Waals surface area contributed by atoms with E-state index in [1.54, 1.807) is 0 Å². The molecule has 0 heterocycles. The molecule has 1 atom stereocenters. The van der Waals surface area contributed by atoms with Gasteiger partial charge < -0.3 is 5.11 Å². The maximum Gasteiger partial charge on any atom is 0.0793 e. The molecular weight excluding hydrogens is 264 g/mol. The number of hydrogen-bond donors (Lipinski definition) is 1. The maximum absolute atomic E-state index is 10.1. The molecule has 0 amide bonds. The van der Waals surface area contributed by atoms with Crippen molar-refractivity contribution in [2.75, 3.05) is 0 Å². The summed E-state index contributed by atoms with van der Waals surface area (Å²) in [6, 6.07) is 6.09. The summed E-state index contributed by atoms with van der Waals surface area (Å²) in [6.45, 7) is 4.26. The van der Waals surface area contributed by atoms with Crippen LogP contribution in [0.4, 0.5) is 0 Å². The Balaban J connectivity index is 2.51. The third kappa shape index (κ3) is 4.26. The quantitative estimate of drug-likeness (QED) is 0.747. The lowest BCUT2D eigenvalue weighted by atomic mass is 9.99. The van der Waals surface area contributed by atoms with E-state index in [2.05, 4.69) is 35.8 Å². The maximum atomic E-state index is 10.1. The molecule has 0 spiro atoms. The van der Waals surface area contributed by atoms with Gasteiger partial charge in [-0.2, -0.15) is 0 Å². The van der Waals surface area contributed by atoms with Gasteiger partial charge in [0.1, 0.15) is 0 Å². The lowest BCUT2D eigenvalue weighted by Crippen LogP contribution is -2.00. The van der Waals surface area contributed by atoms with Crippen LogP contribution in [0.3, 0.4) is 0 Å². The molecule has 0 saturated carbocycles. The van der Waals surface area contributed by atoms with Gasteiger partial charge in [-0.3, -0.25) is 0 Å². The lowest BCUT2D eigenvalue weighted by Gasteiger charge is -2.14. The van der Waals surface area contributed by atoms with Gasteiger partial charge in [-0.15, -0.1) is 0 Å². The molecule has 1 nitrogen and oxygen atoms in total. The topological polar surface area (TPSA) is 20.2 Å². The van der Waals surface area contributed by atoms with Crippen LogP contribution in [0.1, 0.15) is 56.3 Å². The first-order valence-electron chi connectivity index (χ1n) is 6.09. The fourth-order valence-electron chi connectivity index (χ4n) is 1.89. The smallest absolute Gasteiger partial charge is 0.0793 e. The Bertz CT molecular complexity index is 323. The number of hydrogen-bond acceptors (Lipinski definition) is 1. The van der Waals surface area contributed by atoms with Gasteiger partial charge in [0.25, 0.3) is 0 Å². The summed E-state index contributed by atoms with van der Waals surface area (Å²) in [7, 11) is 0. The number of halogens is 1. The average molecular weight is 285 g/mol. The zero-order valence-corrected chi connectivity index (χ0v) is 11.8. The van der Waals surface area contributed by atoms with E-state index in [4.69, 9.17) is 0 Å². The van der Waals surface area contributed by atoms with Gasteiger partial charge in [0.15, 0.2) is 0 Å². The standard InChI is InChI=1S/C14H21BrO/c1-3-4-5-6-7-14(16)13-10-12(15)9-8-11(13)2/h8-10,14,16H,3-7H2,1-2H3. The van der Waals surface area contributed by atoms with Crippen LogP contribution in [0.25, 0.3) is 0 Å². The Morgan fingerprint density at radius 3 is 2.69 bits per heavy atom. The van der Waals surface area contributed by atoms with E-state index < -0.39 is 0 Å². The van der Waals surface area contributed by atoms with Gasteiger partial charge in [-0.1, -0.05) is 54.6 Å². The Kier molecular flexibility index (Phi) is 6.07. The average Bonchev–Trinajstić information content (AvgIpc) is 2.27. The molecule has 1 unspecified atom stereocenters. The predicted octanol–water partition coefficient (Wildman–Crippen LogP) is 4.76. The molecule has 0 bridgehead atoms. The van der Waals surface area contributed by atoms with Gasteiger partial charge in [-0.05, 0) is 36.6 Å². The normalized spacial score (nSPS) is 12.8. The van der Waals surface area contributed by atoms with Gasteiger partial charge in [-0.25, -0.2) is 0 Å². The van der Waals surface area contributed by atoms with E-state index in [9.17, 15) is 5.11 Å². The number of benzene rings is 1. The van der Waals surface area contributed by atoms with Crippen molar-refractivity contribution in [3.63, 3.8) is 0 Å². The van der Waals surface area contributed by atoms with E-state index >= 15 is 0 Å². The number of aliphatic hydroxyl groups is 1. The molecule has 0 aliphatic heterocycles. The Hall–Kier alpha value is -0.340. The molecule has 90 valence electrons. The molecule has 0 saturated heterocycles. The summed E-state index contributed by atoms with van der Waals surface area (Å²) in [5.74, 6) is 0. The highest BCUT2D eigenvalue weighted by molar-refractivity contribution is 9.10. The molecule has 2 heteroatoms. The van der Waals surface area contributed by atoms with E-state index in [1.165, 1.54) is 24.8 Å². The van der Waals surface area contributed by atoms with Crippen LogP contribution >= 0.6 is 15.9 Å². The van der Waals surface area contributed by atoms with Crippen molar-refractivity contribution in [1.82, 2.24) is 0 Å². The van der Waals surface area contributed by atoms with Gasteiger partial charge in [0, 0.05) is 4.47 Å². The highest BCUT2D eigenvalue weighted by atomic mass is 79.9. The number of unbranched alkanes of at least 4 members (excludes halogenated alkanes) is 3. The second-order valence-electron chi connectivity index (χ2n) is 4.37. The molecule has 1 N–H and O–H groups in total. The summed E-state index contributed by atoms with van der Waals surface area (Å²) >= 11 is 3.45. The van der Waals surface area contributed by atoms with Crippen molar-refractivity contribution >= 4 is 15.9 Å². The Morgan fingerprint density at radius 1 is 1.25 bits per heavy atom. The predicted molar refractivity (Wildman–Crippen MR) is 72.6 cm³/mol. The van der Waals surface area contributed by atoms with Crippen LogP contribution in [0.5, 0.6) is 0 Å². The minimum atomic E-state index is -0.311. The molecule has 1 aromatic carbocycles. The van der Waals surface area contributed by atoms with Crippen LogP contribution in [-0.4, -0.2) is 5.11 Å². The third-order valence-electron chi connectivity index (χ3n) is 2.93. The van der Waals surface area contributed by atoms with Crippen LogP contribution in [0, 0.1) is 6.92 Å². The summed E-state index contributed by atoms with van der Waals surface area (Å²) in [5, 5.41) is 10.1. The van der Waals surface area contributed by atoms with Crippen molar-refractivity contribution in [1.29, 1.82) is 0 Å².